The minimum atomic E-state index is 0.365. The van der Waals surface area contributed by atoms with Crippen molar-refractivity contribution in [3.05, 3.63) is 46.2 Å². The molecule has 0 fully saturated rings. The first-order valence-electron chi connectivity index (χ1n) is 6.75. The van der Waals surface area contributed by atoms with Gasteiger partial charge in [0.05, 0.1) is 11.7 Å². The molecule has 1 aromatic carbocycles. The maximum atomic E-state index is 4.42. The molecule has 0 aliphatic rings. The number of rotatable bonds is 3. The third-order valence-corrected chi connectivity index (χ3v) is 4.16. The molecular weight excluding hydrogens is 296 g/mol. The van der Waals surface area contributed by atoms with Gasteiger partial charge in [-0.2, -0.15) is 10.1 Å². The van der Waals surface area contributed by atoms with Gasteiger partial charge in [-0.05, 0) is 23.9 Å². The second-order valence-corrected chi connectivity index (χ2v) is 5.82. The van der Waals surface area contributed by atoms with Gasteiger partial charge in [-0.25, -0.2) is 5.43 Å². The normalized spacial score (nSPS) is 11.7. The van der Waals surface area contributed by atoms with Gasteiger partial charge in [0.15, 0.2) is 5.65 Å². The zero-order valence-corrected chi connectivity index (χ0v) is 12.6. The fourth-order valence-electron chi connectivity index (χ4n) is 2.31. The minimum absolute atomic E-state index is 0.365. The molecule has 0 atom stereocenters. The summed E-state index contributed by atoms with van der Waals surface area (Å²) in [5.74, 6) is 0.365. The number of aromatic amines is 1. The summed E-state index contributed by atoms with van der Waals surface area (Å²) in [6.07, 6.45) is 1.73. The van der Waals surface area contributed by atoms with Gasteiger partial charge in [-0.1, -0.05) is 24.3 Å². The van der Waals surface area contributed by atoms with Gasteiger partial charge >= 0.3 is 0 Å². The third kappa shape index (κ3) is 2.21. The molecule has 0 spiro atoms. The SMILES string of the molecule is Cc1cccc2c1[nH]c1nc(NN=Cc3cccs3)nnc12. The number of hydrazone groups is 1. The van der Waals surface area contributed by atoms with E-state index >= 15 is 0 Å². The third-order valence-electron chi connectivity index (χ3n) is 3.36. The number of hydrogen-bond donors (Lipinski definition) is 2. The second kappa shape index (κ2) is 5.19. The van der Waals surface area contributed by atoms with Crippen LogP contribution < -0.4 is 5.43 Å². The molecule has 3 aromatic heterocycles. The maximum Gasteiger partial charge on any atom is 0.265 e. The fraction of sp³-hybridized carbons (Fsp3) is 0.0667. The first-order chi connectivity index (χ1) is 10.8. The monoisotopic (exact) mass is 308 g/mol. The predicted molar refractivity (Wildman–Crippen MR) is 89.5 cm³/mol. The number of H-pyrrole nitrogens is 1. The Labute approximate surface area is 129 Å². The number of fused-ring (bicyclic) bond motifs is 3. The molecule has 0 unspecified atom stereocenters. The summed E-state index contributed by atoms with van der Waals surface area (Å²) in [7, 11) is 0. The molecule has 108 valence electrons. The van der Waals surface area contributed by atoms with Crippen molar-refractivity contribution in [3.63, 3.8) is 0 Å². The van der Waals surface area contributed by atoms with E-state index in [-0.39, 0.29) is 0 Å². The quantitative estimate of drug-likeness (QED) is 0.449. The van der Waals surface area contributed by atoms with E-state index in [4.69, 9.17) is 0 Å². The average Bonchev–Trinajstić information content (AvgIpc) is 3.15. The lowest BCUT2D eigenvalue weighted by Crippen LogP contribution is -1.98. The van der Waals surface area contributed by atoms with Crippen LogP contribution in [0.25, 0.3) is 22.1 Å². The van der Waals surface area contributed by atoms with Gasteiger partial charge in [0.1, 0.15) is 5.52 Å². The molecule has 0 aliphatic heterocycles. The van der Waals surface area contributed by atoms with E-state index in [2.05, 4.69) is 43.7 Å². The molecule has 22 heavy (non-hydrogen) atoms. The topological polar surface area (TPSA) is 78.9 Å². The maximum absolute atomic E-state index is 4.42. The number of benzene rings is 1. The molecule has 4 rings (SSSR count). The molecule has 0 saturated carbocycles. The number of thiophene rings is 1. The highest BCUT2D eigenvalue weighted by atomic mass is 32.1. The van der Waals surface area contributed by atoms with Crippen LogP contribution in [-0.2, 0) is 0 Å². The van der Waals surface area contributed by atoms with E-state index in [0.717, 1.165) is 26.9 Å². The molecule has 6 nitrogen and oxygen atoms in total. The minimum Gasteiger partial charge on any atom is -0.337 e. The molecule has 2 N–H and O–H groups in total. The van der Waals surface area contributed by atoms with E-state index in [9.17, 15) is 0 Å². The first-order valence-corrected chi connectivity index (χ1v) is 7.63. The van der Waals surface area contributed by atoms with Gasteiger partial charge < -0.3 is 4.98 Å². The lowest BCUT2D eigenvalue weighted by atomic mass is 10.1. The van der Waals surface area contributed by atoms with Crippen molar-refractivity contribution >= 4 is 45.6 Å². The van der Waals surface area contributed by atoms with Gasteiger partial charge in [0.2, 0.25) is 0 Å². The van der Waals surface area contributed by atoms with Crippen LogP contribution in [0.5, 0.6) is 0 Å². The Kier molecular flexibility index (Phi) is 3.05. The molecule has 0 aliphatic carbocycles. The predicted octanol–water partition coefficient (Wildman–Crippen LogP) is 3.32. The molecule has 7 heteroatoms. The van der Waals surface area contributed by atoms with Crippen molar-refractivity contribution in [2.45, 2.75) is 6.92 Å². The van der Waals surface area contributed by atoms with E-state index in [1.165, 1.54) is 0 Å². The van der Waals surface area contributed by atoms with Crippen LogP contribution in [0.3, 0.4) is 0 Å². The van der Waals surface area contributed by atoms with Gasteiger partial charge in [-0.3, -0.25) is 0 Å². The summed E-state index contributed by atoms with van der Waals surface area (Å²) in [6, 6.07) is 10.0. The Bertz CT molecular complexity index is 970. The lowest BCUT2D eigenvalue weighted by Gasteiger charge is -1.96. The summed E-state index contributed by atoms with van der Waals surface area (Å²) >= 11 is 1.61. The summed E-state index contributed by atoms with van der Waals surface area (Å²) < 4.78 is 0. The molecule has 0 amide bonds. The van der Waals surface area contributed by atoms with Crippen LogP contribution in [0.1, 0.15) is 10.4 Å². The Morgan fingerprint density at radius 3 is 3.05 bits per heavy atom. The smallest absolute Gasteiger partial charge is 0.265 e. The lowest BCUT2D eigenvalue weighted by molar-refractivity contribution is 1.01. The molecule has 0 bridgehead atoms. The van der Waals surface area contributed by atoms with E-state index in [0.29, 0.717) is 11.6 Å². The van der Waals surface area contributed by atoms with Crippen molar-refractivity contribution in [2.75, 3.05) is 5.43 Å². The number of para-hydroxylation sites is 1. The van der Waals surface area contributed by atoms with Crippen LogP contribution in [0.15, 0.2) is 40.8 Å². The number of hydrogen-bond acceptors (Lipinski definition) is 6. The van der Waals surface area contributed by atoms with E-state index in [1.807, 2.05) is 29.6 Å². The molecular formula is C15H12N6S. The summed E-state index contributed by atoms with van der Waals surface area (Å²) in [5, 5.41) is 15.5. The number of nitrogens with one attached hydrogen (secondary N) is 2. The van der Waals surface area contributed by atoms with Crippen molar-refractivity contribution in [2.24, 2.45) is 5.10 Å². The van der Waals surface area contributed by atoms with Crippen LogP contribution in [0.4, 0.5) is 5.95 Å². The summed E-state index contributed by atoms with van der Waals surface area (Å²) in [4.78, 5) is 8.77. The zero-order chi connectivity index (χ0) is 14.9. The number of aromatic nitrogens is 4. The first kappa shape index (κ1) is 12.9. The average molecular weight is 308 g/mol. The highest BCUT2D eigenvalue weighted by Gasteiger charge is 2.09. The van der Waals surface area contributed by atoms with E-state index in [1.54, 1.807) is 17.6 Å². The Morgan fingerprint density at radius 1 is 1.23 bits per heavy atom. The standard InChI is InChI=1S/C15H12N6S/c1-9-4-2-6-11-12(9)17-14-13(11)19-21-15(18-14)20-16-8-10-5-3-7-22-10/h2-8H,1H3,(H2,17,18,20,21). The van der Waals surface area contributed by atoms with Crippen molar-refractivity contribution < 1.29 is 0 Å². The Balaban J connectivity index is 1.68. The molecule has 3 heterocycles. The second-order valence-electron chi connectivity index (χ2n) is 4.84. The number of aryl methyl sites for hydroxylation is 1. The molecule has 0 saturated heterocycles. The largest absolute Gasteiger partial charge is 0.337 e. The Hall–Kier alpha value is -2.80. The van der Waals surface area contributed by atoms with Crippen molar-refractivity contribution in [1.82, 2.24) is 20.2 Å². The molecule has 4 aromatic rings. The number of nitrogens with zero attached hydrogens (tertiary/aromatic N) is 4. The summed E-state index contributed by atoms with van der Waals surface area (Å²) in [6.45, 7) is 2.05. The number of anilines is 1. The van der Waals surface area contributed by atoms with E-state index < -0.39 is 0 Å². The molecule has 0 radical (unpaired) electrons. The zero-order valence-electron chi connectivity index (χ0n) is 11.7. The van der Waals surface area contributed by atoms with Crippen molar-refractivity contribution in [3.8, 4) is 0 Å². The fourth-order valence-corrected chi connectivity index (χ4v) is 2.89. The Morgan fingerprint density at radius 2 is 2.18 bits per heavy atom. The van der Waals surface area contributed by atoms with Crippen LogP contribution in [0.2, 0.25) is 0 Å². The summed E-state index contributed by atoms with van der Waals surface area (Å²) in [5.41, 5.74) is 6.47. The van der Waals surface area contributed by atoms with Crippen LogP contribution in [-0.4, -0.2) is 26.4 Å². The highest BCUT2D eigenvalue weighted by molar-refractivity contribution is 7.11. The van der Waals surface area contributed by atoms with Crippen LogP contribution >= 0.6 is 11.3 Å². The highest BCUT2D eigenvalue weighted by Crippen LogP contribution is 2.24. The van der Waals surface area contributed by atoms with Gasteiger partial charge in [0, 0.05) is 10.3 Å². The van der Waals surface area contributed by atoms with Crippen molar-refractivity contribution in [1.29, 1.82) is 0 Å². The van der Waals surface area contributed by atoms with Crippen LogP contribution in [0, 0.1) is 6.92 Å². The van der Waals surface area contributed by atoms with Gasteiger partial charge in [-0.15, -0.1) is 21.5 Å². The van der Waals surface area contributed by atoms with Gasteiger partial charge in [0.25, 0.3) is 5.95 Å².